The number of aldehydes is 1. The summed E-state index contributed by atoms with van der Waals surface area (Å²) in [7, 11) is 0. The van der Waals surface area contributed by atoms with Crippen LogP contribution in [0.2, 0.25) is 0 Å². The predicted octanol–water partition coefficient (Wildman–Crippen LogP) is 4.81. The van der Waals surface area contributed by atoms with Crippen molar-refractivity contribution in [1.29, 1.82) is 5.26 Å². The highest BCUT2D eigenvalue weighted by molar-refractivity contribution is 7.99. The highest BCUT2D eigenvalue weighted by Crippen LogP contribution is 2.37. The van der Waals surface area contributed by atoms with Gasteiger partial charge in [-0.15, -0.1) is 0 Å². The molecule has 1 saturated carbocycles. The summed E-state index contributed by atoms with van der Waals surface area (Å²) in [6.07, 6.45) is 5.38. The van der Waals surface area contributed by atoms with E-state index < -0.39 is 0 Å². The lowest BCUT2D eigenvalue weighted by atomic mass is 10.1. The molecule has 7 nitrogen and oxygen atoms in total. The maximum atomic E-state index is 11.2. The molecule has 2 heterocycles. The second-order valence-electron chi connectivity index (χ2n) is 9.33. The van der Waals surface area contributed by atoms with Crippen LogP contribution in [0.3, 0.4) is 0 Å². The molecule has 3 aromatic rings. The fraction of sp³-hybridized carbons (Fsp3) is 0.357. The second kappa shape index (κ2) is 11.1. The van der Waals surface area contributed by atoms with Gasteiger partial charge in [0.2, 0.25) is 11.8 Å². The van der Waals surface area contributed by atoms with Crippen molar-refractivity contribution < 1.29 is 9.53 Å². The third-order valence-electron chi connectivity index (χ3n) is 6.86. The monoisotopic (exact) mass is 499 g/mol. The third-order valence-corrected chi connectivity index (χ3v) is 7.87. The number of piperazine rings is 1. The highest BCUT2D eigenvalue weighted by atomic mass is 32.2. The van der Waals surface area contributed by atoms with Crippen molar-refractivity contribution in [2.75, 3.05) is 31.1 Å². The quantitative estimate of drug-likeness (QED) is 0.388. The van der Waals surface area contributed by atoms with E-state index in [0.29, 0.717) is 35.6 Å². The second-order valence-corrected chi connectivity index (χ2v) is 10.4. The van der Waals surface area contributed by atoms with Crippen molar-refractivity contribution in [1.82, 2.24) is 14.9 Å². The number of hydrogen-bond acceptors (Lipinski definition) is 8. The molecule has 1 atom stereocenters. The van der Waals surface area contributed by atoms with Crippen LogP contribution in [0, 0.1) is 17.2 Å². The largest absolute Gasteiger partial charge is 0.472 e. The van der Waals surface area contributed by atoms with Gasteiger partial charge in [-0.2, -0.15) is 10.2 Å². The van der Waals surface area contributed by atoms with E-state index in [1.807, 2.05) is 36.5 Å². The van der Waals surface area contributed by atoms with E-state index in [4.69, 9.17) is 15.0 Å². The fourth-order valence-electron chi connectivity index (χ4n) is 4.51. The Kier molecular flexibility index (Phi) is 7.49. The van der Waals surface area contributed by atoms with Gasteiger partial charge < -0.3 is 9.64 Å². The number of aromatic nitrogens is 2. The average Bonchev–Trinajstić information content (AvgIpc) is 3.78. The standard InChI is InChI=1S/C28H29N5O2S/c1-20(24-7-8-24)32-11-13-33(14-12-32)28-30-17-26(36-25-9-5-21(16-29)6-10-25)27(31-28)35-19-23-4-2-3-22(15-23)18-34/h2-6,9-10,15,17-18,20,24H,7-8,11-14,19H2,1H3/t20-/m1/s1. The SMILES string of the molecule is C[C@H](C1CC1)N1CCN(c2ncc(Sc3ccc(C#N)cc3)c(OCc3cccc(C=O)c3)n2)CC1. The maximum Gasteiger partial charge on any atom is 0.232 e. The molecule has 2 aromatic carbocycles. The number of carbonyl (C=O) groups is 1. The average molecular weight is 500 g/mol. The van der Waals surface area contributed by atoms with Gasteiger partial charge in [0.25, 0.3) is 0 Å². The summed E-state index contributed by atoms with van der Waals surface area (Å²) in [4.78, 5) is 27.3. The predicted molar refractivity (Wildman–Crippen MR) is 139 cm³/mol. The van der Waals surface area contributed by atoms with Gasteiger partial charge in [-0.25, -0.2) is 4.98 Å². The van der Waals surface area contributed by atoms with E-state index in [1.54, 1.807) is 18.2 Å². The van der Waals surface area contributed by atoms with Gasteiger partial charge in [0, 0.05) is 42.7 Å². The molecule has 1 aliphatic carbocycles. The molecule has 0 radical (unpaired) electrons. The van der Waals surface area contributed by atoms with Crippen LogP contribution < -0.4 is 9.64 Å². The Hall–Kier alpha value is -3.41. The van der Waals surface area contributed by atoms with E-state index in [-0.39, 0.29) is 0 Å². The summed E-state index contributed by atoms with van der Waals surface area (Å²) in [5.74, 6) is 2.05. The summed E-state index contributed by atoms with van der Waals surface area (Å²) in [5, 5.41) is 9.08. The van der Waals surface area contributed by atoms with E-state index in [0.717, 1.165) is 53.7 Å². The number of benzene rings is 2. The molecule has 2 aliphatic rings. The van der Waals surface area contributed by atoms with Gasteiger partial charge in [0.05, 0.1) is 22.7 Å². The van der Waals surface area contributed by atoms with Crippen LogP contribution in [0.5, 0.6) is 5.88 Å². The number of rotatable bonds is 9. The molecule has 0 bridgehead atoms. The molecule has 184 valence electrons. The molecule has 0 N–H and O–H groups in total. The fourth-order valence-corrected chi connectivity index (χ4v) is 5.33. The highest BCUT2D eigenvalue weighted by Gasteiger charge is 2.33. The van der Waals surface area contributed by atoms with Crippen LogP contribution in [-0.2, 0) is 6.61 Å². The van der Waals surface area contributed by atoms with E-state index in [9.17, 15) is 4.79 Å². The first-order valence-corrected chi connectivity index (χ1v) is 13.2. The van der Waals surface area contributed by atoms with Crippen molar-refractivity contribution in [3.05, 3.63) is 71.4 Å². The third kappa shape index (κ3) is 5.86. The number of nitrogens with zero attached hydrogens (tertiary/aromatic N) is 5. The minimum Gasteiger partial charge on any atom is -0.472 e. The smallest absolute Gasteiger partial charge is 0.232 e. The first-order chi connectivity index (χ1) is 17.6. The van der Waals surface area contributed by atoms with Gasteiger partial charge >= 0.3 is 0 Å². The Morgan fingerprint density at radius 3 is 2.64 bits per heavy atom. The molecule has 1 saturated heterocycles. The van der Waals surface area contributed by atoms with Gasteiger partial charge in [0.15, 0.2) is 0 Å². The van der Waals surface area contributed by atoms with Crippen LogP contribution in [0.15, 0.2) is 64.5 Å². The summed E-state index contributed by atoms with van der Waals surface area (Å²) in [5.41, 5.74) is 2.13. The number of nitriles is 1. The first-order valence-electron chi connectivity index (χ1n) is 12.3. The zero-order chi connectivity index (χ0) is 24.9. The van der Waals surface area contributed by atoms with Crippen molar-refractivity contribution in [3.8, 4) is 11.9 Å². The van der Waals surface area contributed by atoms with Crippen LogP contribution in [0.4, 0.5) is 5.95 Å². The molecule has 1 aromatic heterocycles. The summed E-state index contributed by atoms with van der Waals surface area (Å²) in [6, 6.07) is 17.6. The summed E-state index contributed by atoms with van der Waals surface area (Å²) in [6.45, 7) is 6.45. The van der Waals surface area contributed by atoms with Crippen molar-refractivity contribution in [3.63, 3.8) is 0 Å². The number of anilines is 1. The Morgan fingerprint density at radius 2 is 1.94 bits per heavy atom. The first kappa shape index (κ1) is 24.3. The van der Waals surface area contributed by atoms with E-state index in [2.05, 4.69) is 27.8 Å². The van der Waals surface area contributed by atoms with E-state index >= 15 is 0 Å². The zero-order valence-electron chi connectivity index (χ0n) is 20.3. The van der Waals surface area contributed by atoms with Gasteiger partial charge in [-0.3, -0.25) is 9.69 Å². The van der Waals surface area contributed by atoms with Crippen LogP contribution >= 0.6 is 11.8 Å². The Labute approximate surface area is 216 Å². The summed E-state index contributed by atoms with van der Waals surface area (Å²) >= 11 is 1.50. The molecular formula is C28H29N5O2S. The lowest BCUT2D eigenvalue weighted by Gasteiger charge is -2.38. The molecular weight excluding hydrogens is 470 g/mol. The Bertz CT molecular complexity index is 1250. The zero-order valence-corrected chi connectivity index (χ0v) is 21.2. The molecule has 0 spiro atoms. The molecule has 0 unspecified atom stereocenters. The van der Waals surface area contributed by atoms with Gasteiger partial charge in [-0.05, 0) is 61.6 Å². The minimum absolute atomic E-state index is 0.297. The van der Waals surface area contributed by atoms with Crippen molar-refractivity contribution >= 4 is 24.0 Å². The number of ether oxygens (including phenoxy) is 1. The maximum absolute atomic E-state index is 11.2. The molecule has 2 fully saturated rings. The van der Waals surface area contributed by atoms with Crippen LogP contribution in [0.25, 0.3) is 0 Å². The topological polar surface area (TPSA) is 82.4 Å². The van der Waals surface area contributed by atoms with Crippen LogP contribution in [-0.4, -0.2) is 53.4 Å². The van der Waals surface area contributed by atoms with Gasteiger partial charge in [-0.1, -0.05) is 30.0 Å². The normalized spacial score (nSPS) is 16.8. The van der Waals surface area contributed by atoms with E-state index in [1.165, 1.54) is 24.6 Å². The molecule has 5 rings (SSSR count). The lowest BCUT2D eigenvalue weighted by Crippen LogP contribution is -2.50. The molecule has 1 aliphatic heterocycles. The molecule has 36 heavy (non-hydrogen) atoms. The van der Waals surface area contributed by atoms with Crippen molar-refractivity contribution in [2.45, 2.75) is 42.2 Å². The Balaban J connectivity index is 1.34. The number of hydrogen-bond donors (Lipinski definition) is 0. The molecule has 0 amide bonds. The van der Waals surface area contributed by atoms with Crippen molar-refractivity contribution in [2.24, 2.45) is 5.92 Å². The minimum atomic E-state index is 0.297. The lowest BCUT2D eigenvalue weighted by molar-refractivity contribution is 0.112. The molecule has 8 heteroatoms. The summed E-state index contributed by atoms with van der Waals surface area (Å²) < 4.78 is 6.19. The Morgan fingerprint density at radius 1 is 1.17 bits per heavy atom. The van der Waals surface area contributed by atoms with Gasteiger partial charge in [0.1, 0.15) is 12.9 Å². The number of carbonyl (C=O) groups excluding carboxylic acids is 1. The van der Waals surface area contributed by atoms with Crippen LogP contribution in [0.1, 0.15) is 41.3 Å².